The molecule has 3 heteroatoms. The molecule has 0 bridgehead atoms. The summed E-state index contributed by atoms with van der Waals surface area (Å²) in [6, 6.07) is 9.33. The second-order valence-electron chi connectivity index (χ2n) is 4.18. The van der Waals surface area contributed by atoms with Gasteiger partial charge in [-0.25, -0.2) is 4.98 Å². The van der Waals surface area contributed by atoms with E-state index in [1.54, 1.807) is 19.9 Å². The summed E-state index contributed by atoms with van der Waals surface area (Å²) in [5, 5.41) is 0. The van der Waals surface area contributed by atoms with Crippen LogP contribution >= 0.6 is 0 Å². The summed E-state index contributed by atoms with van der Waals surface area (Å²) < 4.78 is 5.75. The molecule has 0 atom stereocenters. The first-order valence-corrected chi connectivity index (χ1v) is 5.46. The van der Waals surface area contributed by atoms with E-state index >= 15 is 0 Å². The van der Waals surface area contributed by atoms with Crippen LogP contribution in [0.3, 0.4) is 0 Å². The third-order valence-electron chi connectivity index (χ3n) is 2.94. The lowest BCUT2D eigenvalue weighted by Crippen LogP contribution is -2.11. The molecule has 1 heterocycles. The number of hydrogen-bond donors (Lipinski definition) is 0. The summed E-state index contributed by atoms with van der Waals surface area (Å²) in [7, 11) is 0. The van der Waals surface area contributed by atoms with Crippen LogP contribution in [0.5, 0.6) is 0 Å². The van der Waals surface area contributed by atoms with E-state index in [4.69, 9.17) is 4.42 Å². The molecule has 0 aromatic heterocycles. The largest absolute Gasteiger partial charge is 0.452 e. The zero-order valence-electron chi connectivity index (χ0n) is 9.65. The van der Waals surface area contributed by atoms with Crippen molar-refractivity contribution in [2.45, 2.75) is 13.8 Å². The molecule has 1 aromatic rings. The van der Waals surface area contributed by atoms with Gasteiger partial charge in [-0.3, -0.25) is 4.79 Å². The molecule has 84 valence electrons. The predicted octanol–water partition coefficient (Wildman–Crippen LogP) is 2.91. The molecule has 0 unspecified atom stereocenters. The molecule has 0 saturated carbocycles. The lowest BCUT2D eigenvalue weighted by Gasteiger charge is -2.09. The number of hydrogen-bond acceptors (Lipinski definition) is 3. The first-order chi connectivity index (χ1) is 8.16. The minimum Gasteiger partial charge on any atom is -0.452 e. The van der Waals surface area contributed by atoms with Gasteiger partial charge in [0.05, 0.1) is 0 Å². The number of fused-ring (bicyclic) bond motifs is 2. The van der Waals surface area contributed by atoms with Crippen molar-refractivity contribution in [2.75, 3.05) is 0 Å². The molecule has 0 saturated heterocycles. The Morgan fingerprint density at radius 1 is 1.18 bits per heavy atom. The first-order valence-electron chi connectivity index (χ1n) is 5.46. The smallest absolute Gasteiger partial charge is 0.188 e. The van der Waals surface area contributed by atoms with Crippen molar-refractivity contribution in [3.63, 3.8) is 0 Å². The number of nitrogens with zero attached hydrogens (tertiary/aromatic N) is 1. The molecule has 0 fully saturated rings. The Morgan fingerprint density at radius 2 is 1.94 bits per heavy atom. The molecule has 0 amide bonds. The van der Waals surface area contributed by atoms with E-state index in [2.05, 4.69) is 4.98 Å². The number of para-hydroxylation sites is 2. The molecule has 0 radical (unpaired) electrons. The molecule has 1 aliphatic carbocycles. The molecule has 17 heavy (non-hydrogen) atoms. The van der Waals surface area contributed by atoms with Gasteiger partial charge in [0.25, 0.3) is 0 Å². The summed E-state index contributed by atoms with van der Waals surface area (Å²) in [6.07, 6.45) is 0. The molecular weight excluding hydrogens is 214 g/mol. The van der Waals surface area contributed by atoms with Gasteiger partial charge in [0.15, 0.2) is 16.8 Å². The maximum absolute atomic E-state index is 11.8. The highest BCUT2D eigenvalue weighted by molar-refractivity contribution is 5.77. The van der Waals surface area contributed by atoms with Gasteiger partial charge in [0.2, 0.25) is 0 Å². The highest BCUT2D eigenvalue weighted by atomic mass is 16.3. The van der Waals surface area contributed by atoms with E-state index in [0.717, 1.165) is 11.2 Å². The molecule has 0 N–H and O–H groups in total. The van der Waals surface area contributed by atoms with E-state index in [0.29, 0.717) is 22.5 Å². The summed E-state index contributed by atoms with van der Waals surface area (Å²) in [4.78, 5) is 16.3. The Kier molecular flexibility index (Phi) is 2.01. The Labute approximate surface area is 98.1 Å². The zero-order chi connectivity index (χ0) is 12.0. The molecular formula is C14H11NO2. The third-order valence-corrected chi connectivity index (χ3v) is 2.94. The second-order valence-corrected chi connectivity index (χ2v) is 4.18. The Bertz CT molecular complexity index is 743. The van der Waals surface area contributed by atoms with Crippen molar-refractivity contribution in [2.24, 2.45) is 0 Å². The third kappa shape index (κ3) is 1.43. The van der Waals surface area contributed by atoms with E-state index in [9.17, 15) is 4.79 Å². The minimum atomic E-state index is 0.0262. The van der Waals surface area contributed by atoms with E-state index < -0.39 is 0 Å². The summed E-state index contributed by atoms with van der Waals surface area (Å²) >= 11 is 0. The van der Waals surface area contributed by atoms with Gasteiger partial charge in [-0.15, -0.1) is 0 Å². The van der Waals surface area contributed by atoms with E-state index in [1.807, 2.05) is 24.3 Å². The predicted molar refractivity (Wildman–Crippen MR) is 66.4 cm³/mol. The van der Waals surface area contributed by atoms with Crippen LogP contribution in [-0.2, 0) is 0 Å². The van der Waals surface area contributed by atoms with Gasteiger partial charge in [0.1, 0.15) is 11.2 Å². The summed E-state index contributed by atoms with van der Waals surface area (Å²) in [6.45, 7) is 3.57. The normalized spacial score (nSPS) is 11.2. The van der Waals surface area contributed by atoms with Gasteiger partial charge in [0, 0.05) is 5.56 Å². The van der Waals surface area contributed by atoms with Crippen LogP contribution in [0.1, 0.15) is 11.1 Å². The fourth-order valence-corrected chi connectivity index (χ4v) is 2.01. The molecule has 1 aromatic carbocycles. The minimum absolute atomic E-state index is 0.0262. The molecule has 2 aliphatic rings. The van der Waals surface area contributed by atoms with Crippen molar-refractivity contribution in [3.05, 3.63) is 51.7 Å². The van der Waals surface area contributed by atoms with Crippen molar-refractivity contribution >= 4 is 11.1 Å². The van der Waals surface area contributed by atoms with E-state index in [1.165, 1.54) is 0 Å². The number of rotatable bonds is 0. The van der Waals surface area contributed by atoms with E-state index in [-0.39, 0.29) is 5.43 Å². The molecule has 3 rings (SSSR count). The Morgan fingerprint density at radius 3 is 2.76 bits per heavy atom. The highest BCUT2D eigenvalue weighted by Gasteiger charge is 2.15. The van der Waals surface area contributed by atoms with Crippen LogP contribution in [0.4, 0.5) is 0 Å². The van der Waals surface area contributed by atoms with Crippen molar-refractivity contribution in [1.29, 1.82) is 0 Å². The van der Waals surface area contributed by atoms with Gasteiger partial charge in [-0.05, 0) is 37.6 Å². The topological polar surface area (TPSA) is 43.1 Å². The van der Waals surface area contributed by atoms with Crippen LogP contribution in [0, 0.1) is 13.8 Å². The SMILES string of the molecule is Cc1cc2nc3ccccc3oc-2c(C)c1=O. The lowest BCUT2D eigenvalue weighted by molar-refractivity contribution is 0.607. The highest BCUT2D eigenvalue weighted by Crippen LogP contribution is 2.26. The average molecular weight is 225 g/mol. The first kappa shape index (κ1) is 10.0. The Hall–Kier alpha value is -2.16. The van der Waals surface area contributed by atoms with Crippen LogP contribution < -0.4 is 5.43 Å². The van der Waals surface area contributed by atoms with Gasteiger partial charge in [-0.2, -0.15) is 0 Å². The number of aryl methyl sites for hydroxylation is 1. The fourth-order valence-electron chi connectivity index (χ4n) is 2.01. The summed E-state index contributed by atoms with van der Waals surface area (Å²) in [5.74, 6) is 0.583. The monoisotopic (exact) mass is 225 g/mol. The number of benzene rings is 2. The quantitative estimate of drug-likeness (QED) is 0.552. The standard InChI is InChI=1S/C14H11NO2/c1-8-7-11-14(9(2)13(8)16)17-12-6-4-3-5-10(12)15-11/h3-7H,1-2H3. The van der Waals surface area contributed by atoms with Crippen molar-refractivity contribution in [1.82, 2.24) is 4.98 Å². The zero-order valence-corrected chi connectivity index (χ0v) is 9.65. The lowest BCUT2D eigenvalue weighted by atomic mass is 10.1. The van der Waals surface area contributed by atoms with Gasteiger partial charge in [-0.1, -0.05) is 12.1 Å². The van der Waals surface area contributed by atoms with Crippen LogP contribution in [0.25, 0.3) is 22.6 Å². The fraction of sp³-hybridized carbons (Fsp3) is 0.143. The Balaban J connectivity index is 2.53. The van der Waals surface area contributed by atoms with Crippen LogP contribution in [-0.4, -0.2) is 4.98 Å². The molecule has 1 aliphatic heterocycles. The van der Waals surface area contributed by atoms with Crippen LogP contribution in [0.15, 0.2) is 39.5 Å². The maximum Gasteiger partial charge on any atom is 0.188 e. The average Bonchev–Trinajstić information content (AvgIpc) is 2.34. The second kappa shape index (κ2) is 3.42. The molecule has 3 nitrogen and oxygen atoms in total. The number of aromatic nitrogens is 1. The maximum atomic E-state index is 11.8. The van der Waals surface area contributed by atoms with Crippen molar-refractivity contribution in [3.8, 4) is 11.5 Å². The molecule has 0 spiro atoms. The van der Waals surface area contributed by atoms with Gasteiger partial charge < -0.3 is 4.42 Å². The van der Waals surface area contributed by atoms with Gasteiger partial charge >= 0.3 is 0 Å². The van der Waals surface area contributed by atoms with Crippen LogP contribution in [0.2, 0.25) is 0 Å². The van der Waals surface area contributed by atoms with Crippen molar-refractivity contribution < 1.29 is 4.42 Å². The summed E-state index contributed by atoms with van der Waals surface area (Å²) in [5.41, 5.74) is 3.59.